The molecular formula is C18H29ClF2N2. The maximum atomic E-state index is 14.2. The van der Waals surface area contributed by atoms with Gasteiger partial charge in [-0.25, -0.2) is 4.39 Å². The number of unbranched alkanes of at least 4 members (excludes halogenated alkanes) is 1. The van der Waals surface area contributed by atoms with Crippen LogP contribution in [-0.4, -0.2) is 28.4 Å². The second kappa shape index (κ2) is 10.9. The number of halogens is 3. The molecule has 23 heavy (non-hydrogen) atoms. The van der Waals surface area contributed by atoms with Crippen LogP contribution in [0, 0.1) is 13.8 Å². The summed E-state index contributed by atoms with van der Waals surface area (Å²) in [5, 5.41) is 8.53. The number of rotatable bonds is 11. The van der Waals surface area contributed by atoms with Crippen LogP contribution >= 0.6 is 11.6 Å². The molecule has 0 saturated carbocycles. The Hall–Kier alpha value is -0.770. The highest BCUT2D eigenvalue weighted by molar-refractivity contribution is 6.20. The fourth-order valence-corrected chi connectivity index (χ4v) is 2.95. The third kappa shape index (κ3) is 7.11. The van der Waals surface area contributed by atoms with Crippen molar-refractivity contribution in [2.45, 2.75) is 83.7 Å². The van der Waals surface area contributed by atoms with Crippen molar-refractivity contribution in [1.82, 2.24) is 10.2 Å². The predicted octanol–water partition coefficient (Wildman–Crippen LogP) is 5.45. The number of hydrogen-bond donors (Lipinski definition) is 0. The quantitative estimate of drug-likeness (QED) is 0.393. The largest absolute Gasteiger partial charge is 0.251 e. The first-order chi connectivity index (χ1) is 11.0. The number of hydrogen-bond acceptors (Lipinski definition) is 2. The zero-order valence-corrected chi connectivity index (χ0v) is 15.3. The molecule has 0 aliphatic heterocycles. The first kappa shape index (κ1) is 20.3. The molecule has 0 bridgehead atoms. The van der Waals surface area contributed by atoms with Gasteiger partial charge in [0.15, 0.2) is 0 Å². The monoisotopic (exact) mass is 346 g/mol. The smallest absolute Gasteiger partial charge is 0.104 e. The molecule has 0 aliphatic rings. The molecule has 1 heterocycles. The van der Waals surface area contributed by atoms with Crippen LogP contribution in [-0.2, 0) is 12.8 Å². The van der Waals surface area contributed by atoms with E-state index in [1.54, 1.807) is 0 Å². The van der Waals surface area contributed by atoms with E-state index in [-0.39, 0.29) is 12.1 Å². The minimum absolute atomic E-state index is 0.198. The highest BCUT2D eigenvalue weighted by atomic mass is 35.5. The lowest BCUT2D eigenvalue weighted by Gasteiger charge is -2.16. The lowest BCUT2D eigenvalue weighted by Crippen LogP contribution is -2.13. The summed E-state index contributed by atoms with van der Waals surface area (Å²) in [7, 11) is 0. The highest BCUT2D eigenvalue weighted by Crippen LogP contribution is 2.23. The van der Waals surface area contributed by atoms with Gasteiger partial charge in [-0.1, -0.05) is 6.92 Å². The lowest BCUT2D eigenvalue weighted by molar-refractivity contribution is 0.297. The van der Waals surface area contributed by atoms with Gasteiger partial charge in [0.25, 0.3) is 0 Å². The highest BCUT2D eigenvalue weighted by Gasteiger charge is 2.17. The van der Waals surface area contributed by atoms with Crippen molar-refractivity contribution in [2.75, 3.05) is 6.67 Å². The van der Waals surface area contributed by atoms with Crippen molar-refractivity contribution in [2.24, 2.45) is 0 Å². The van der Waals surface area contributed by atoms with Crippen LogP contribution in [0.1, 0.15) is 68.0 Å². The van der Waals surface area contributed by atoms with Gasteiger partial charge in [-0.15, -0.1) is 11.6 Å². The van der Waals surface area contributed by atoms with Crippen molar-refractivity contribution in [1.29, 1.82) is 0 Å². The van der Waals surface area contributed by atoms with Gasteiger partial charge >= 0.3 is 0 Å². The standard InChI is InChI=1S/C18H29ClF2N2/c1-4-15(19)8-7-10-17-13(2)22-23-14(3)18(17)12-16(21)9-5-6-11-20/h15-16H,4-12H2,1-3H3. The number of aryl methyl sites for hydroxylation is 2. The summed E-state index contributed by atoms with van der Waals surface area (Å²) in [5.41, 5.74) is 3.78. The zero-order valence-electron chi connectivity index (χ0n) is 14.5. The Morgan fingerprint density at radius 2 is 1.65 bits per heavy atom. The van der Waals surface area contributed by atoms with Crippen molar-refractivity contribution >= 4 is 11.6 Å². The molecule has 5 heteroatoms. The molecule has 1 aromatic rings. The van der Waals surface area contributed by atoms with E-state index in [1.807, 2.05) is 13.8 Å². The van der Waals surface area contributed by atoms with E-state index in [4.69, 9.17) is 11.6 Å². The van der Waals surface area contributed by atoms with Gasteiger partial charge in [-0.2, -0.15) is 10.2 Å². The van der Waals surface area contributed by atoms with Crippen LogP contribution in [0.3, 0.4) is 0 Å². The molecule has 0 spiro atoms. The Labute approximate surface area is 144 Å². The zero-order chi connectivity index (χ0) is 17.2. The van der Waals surface area contributed by atoms with Gasteiger partial charge in [-0.05, 0) is 69.9 Å². The maximum Gasteiger partial charge on any atom is 0.104 e. The first-order valence-corrected chi connectivity index (χ1v) is 9.08. The molecule has 132 valence electrons. The van der Waals surface area contributed by atoms with Gasteiger partial charge in [0.2, 0.25) is 0 Å². The predicted molar refractivity (Wildman–Crippen MR) is 92.8 cm³/mol. The van der Waals surface area contributed by atoms with Gasteiger partial charge in [0.05, 0.1) is 18.1 Å². The van der Waals surface area contributed by atoms with Crippen molar-refractivity contribution in [3.8, 4) is 0 Å². The molecule has 1 aromatic heterocycles. The van der Waals surface area contributed by atoms with E-state index < -0.39 is 6.17 Å². The van der Waals surface area contributed by atoms with Crippen LogP contribution in [0.15, 0.2) is 0 Å². The molecule has 2 unspecified atom stereocenters. The van der Waals surface area contributed by atoms with Gasteiger partial charge in [-0.3, -0.25) is 4.39 Å². The van der Waals surface area contributed by atoms with E-state index in [2.05, 4.69) is 17.1 Å². The van der Waals surface area contributed by atoms with Crippen molar-refractivity contribution in [3.05, 3.63) is 22.5 Å². The van der Waals surface area contributed by atoms with E-state index in [9.17, 15) is 8.78 Å². The van der Waals surface area contributed by atoms with Gasteiger partial charge < -0.3 is 0 Å². The minimum Gasteiger partial charge on any atom is -0.251 e. The summed E-state index contributed by atoms with van der Waals surface area (Å²) >= 11 is 6.18. The second-order valence-electron chi connectivity index (χ2n) is 6.21. The molecule has 0 N–H and O–H groups in total. The van der Waals surface area contributed by atoms with Gasteiger partial charge in [0, 0.05) is 11.8 Å². The fraction of sp³-hybridized carbons (Fsp3) is 0.778. The second-order valence-corrected chi connectivity index (χ2v) is 6.83. The number of aromatic nitrogens is 2. The van der Waals surface area contributed by atoms with Crippen LogP contribution in [0.4, 0.5) is 8.78 Å². The van der Waals surface area contributed by atoms with Crippen LogP contribution in [0.5, 0.6) is 0 Å². The molecule has 2 nitrogen and oxygen atoms in total. The summed E-state index contributed by atoms with van der Waals surface area (Å²) in [6, 6.07) is 0. The molecule has 0 amide bonds. The van der Waals surface area contributed by atoms with E-state index in [0.717, 1.165) is 48.2 Å². The lowest BCUT2D eigenvalue weighted by atomic mass is 9.94. The summed E-state index contributed by atoms with van der Waals surface area (Å²) in [4.78, 5) is 0. The molecule has 0 fully saturated rings. The molecule has 0 aliphatic carbocycles. The Morgan fingerprint density at radius 1 is 1.00 bits per heavy atom. The normalized spacial score (nSPS) is 14.0. The SMILES string of the molecule is CCC(Cl)CCCc1c(C)nnc(C)c1CC(F)CCCCF. The molecule has 0 aromatic carbocycles. The van der Waals surface area contributed by atoms with Crippen LogP contribution < -0.4 is 0 Å². The van der Waals surface area contributed by atoms with E-state index in [1.165, 1.54) is 0 Å². The van der Waals surface area contributed by atoms with Crippen LogP contribution in [0.25, 0.3) is 0 Å². The molecule has 0 saturated heterocycles. The van der Waals surface area contributed by atoms with Crippen molar-refractivity contribution < 1.29 is 8.78 Å². The Bertz CT molecular complexity index is 469. The topological polar surface area (TPSA) is 25.8 Å². The van der Waals surface area contributed by atoms with E-state index in [0.29, 0.717) is 25.7 Å². The average molecular weight is 347 g/mol. The molecule has 2 atom stereocenters. The third-order valence-corrected chi connectivity index (χ3v) is 4.83. The van der Waals surface area contributed by atoms with Crippen molar-refractivity contribution in [3.63, 3.8) is 0 Å². The summed E-state index contributed by atoms with van der Waals surface area (Å²) in [6.07, 6.45) is 4.58. The fourth-order valence-electron chi connectivity index (χ4n) is 2.80. The molecule has 1 rings (SSSR count). The molecule has 0 radical (unpaired) electrons. The minimum atomic E-state index is -0.945. The Kier molecular flexibility index (Phi) is 9.61. The van der Waals surface area contributed by atoms with E-state index >= 15 is 0 Å². The number of alkyl halides is 3. The average Bonchev–Trinajstić information content (AvgIpc) is 2.53. The number of nitrogens with zero attached hydrogens (tertiary/aromatic N) is 2. The summed E-state index contributed by atoms with van der Waals surface area (Å²) < 4.78 is 26.4. The molecular weight excluding hydrogens is 318 g/mol. The maximum absolute atomic E-state index is 14.2. The Balaban J connectivity index is 2.74. The third-order valence-electron chi connectivity index (χ3n) is 4.30. The first-order valence-electron chi connectivity index (χ1n) is 8.65. The summed E-state index contributed by atoms with van der Waals surface area (Å²) in [6.45, 7) is 5.52. The van der Waals surface area contributed by atoms with Crippen LogP contribution in [0.2, 0.25) is 0 Å². The van der Waals surface area contributed by atoms with Gasteiger partial charge in [0.1, 0.15) is 6.17 Å². The summed E-state index contributed by atoms with van der Waals surface area (Å²) in [5.74, 6) is 0. The Morgan fingerprint density at radius 3 is 2.26 bits per heavy atom.